The predicted octanol–water partition coefficient (Wildman–Crippen LogP) is 4.07. The third kappa shape index (κ3) is 2.86. The van der Waals surface area contributed by atoms with Crippen LogP contribution in [0.15, 0.2) is 60.8 Å². The molecular formula is C22H21FN2O. The summed E-state index contributed by atoms with van der Waals surface area (Å²) in [5, 5.41) is 13.9. The maximum atomic E-state index is 13.2. The van der Waals surface area contributed by atoms with E-state index in [-0.39, 0.29) is 17.8 Å². The number of halogens is 1. The molecule has 0 saturated carbocycles. The van der Waals surface area contributed by atoms with Crippen molar-refractivity contribution < 1.29 is 9.50 Å². The number of hydrogen-bond donors (Lipinski definition) is 1. The first-order valence-corrected chi connectivity index (χ1v) is 8.82. The number of benzene rings is 2. The van der Waals surface area contributed by atoms with E-state index >= 15 is 0 Å². The molecule has 0 saturated heterocycles. The van der Waals surface area contributed by atoms with Gasteiger partial charge in [-0.1, -0.05) is 37.3 Å². The summed E-state index contributed by atoms with van der Waals surface area (Å²) in [5.41, 5.74) is 5.32. The maximum absolute atomic E-state index is 13.2. The molecule has 3 nitrogen and oxygen atoms in total. The fraction of sp³-hybridized carbons (Fsp3) is 0.227. The SMILES string of the molecule is CC1(c2ccccc2CCO)C=Cc2c(cnn2-c2ccc(F)cc2)C1. The van der Waals surface area contributed by atoms with Crippen LogP contribution in [-0.4, -0.2) is 21.5 Å². The molecule has 0 radical (unpaired) electrons. The molecule has 1 N–H and O–H groups in total. The summed E-state index contributed by atoms with van der Waals surface area (Å²) in [4.78, 5) is 0. The van der Waals surface area contributed by atoms with Crippen LogP contribution < -0.4 is 0 Å². The van der Waals surface area contributed by atoms with E-state index in [9.17, 15) is 9.50 Å². The standard InChI is InChI=1S/C22H21FN2O/c1-22(20-5-3-2-4-16(20)11-13-26)12-10-21-17(14-22)15-24-25(21)19-8-6-18(23)7-9-19/h2-10,12,15,26H,11,13-14H2,1H3. The number of fused-ring (bicyclic) bond motifs is 1. The fourth-order valence-corrected chi connectivity index (χ4v) is 3.81. The van der Waals surface area contributed by atoms with E-state index in [4.69, 9.17) is 0 Å². The van der Waals surface area contributed by atoms with Gasteiger partial charge in [0.25, 0.3) is 0 Å². The zero-order chi connectivity index (χ0) is 18.1. The molecule has 0 fully saturated rings. The van der Waals surface area contributed by atoms with Gasteiger partial charge in [-0.25, -0.2) is 9.07 Å². The lowest BCUT2D eigenvalue weighted by Gasteiger charge is -2.31. The molecule has 1 unspecified atom stereocenters. The Morgan fingerprint density at radius 1 is 1.15 bits per heavy atom. The average molecular weight is 348 g/mol. The molecule has 1 aliphatic rings. The normalized spacial score (nSPS) is 18.7. The lowest BCUT2D eigenvalue weighted by molar-refractivity contribution is 0.298. The van der Waals surface area contributed by atoms with Crippen molar-refractivity contribution >= 4 is 6.08 Å². The molecule has 4 heteroatoms. The van der Waals surface area contributed by atoms with Crippen molar-refractivity contribution in [1.82, 2.24) is 9.78 Å². The second-order valence-corrected chi connectivity index (χ2v) is 7.00. The second-order valence-electron chi connectivity index (χ2n) is 7.00. The predicted molar refractivity (Wildman–Crippen MR) is 101 cm³/mol. The lowest BCUT2D eigenvalue weighted by Crippen LogP contribution is -2.26. The van der Waals surface area contributed by atoms with Crippen molar-refractivity contribution in [2.75, 3.05) is 6.61 Å². The Hall–Kier alpha value is -2.72. The van der Waals surface area contributed by atoms with Gasteiger partial charge in [0.1, 0.15) is 5.82 Å². The van der Waals surface area contributed by atoms with Gasteiger partial charge in [-0.3, -0.25) is 0 Å². The lowest BCUT2D eigenvalue weighted by atomic mass is 9.72. The summed E-state index contributed by atoms with van der Waals surface area (Å²) < 4.78 is 15.0. The molecule has 4 rings (SSSR count). The summed E-state index contributed by atoms with van der Waals surface area (Å²) in [5.74, 6) is -0.251. The monoisotopic (exact) mass is 348 g/mol. The van der Waals surface area contributed by atoms with E-state index in [1.54, 1.807) is 12.1 Å². The minimum Gasteiger partial charge on any atom is -0.396 e. The van der Waals surface area contributed by atoms with Crippen LogP contribution in [0.4, 0.5) is 4.39 Å². The highest BCUT2D eigenvalue weighted by atomic mass is 19.1. The van der Waals surface area contributed by atoms with Crippen LogP contribution in [-0.2, 0) is 18.3 Å². The Morgan fingerprint density at radius 3 is 2.69 bits per heavy atom. The number of hydrogen-bond acceptors (Lipinski definition) is 2. The zero-order valence-corrected chi connectivity index (χ0v) is 14.7. The summed E-state index contributed by atoms with van der Waals surface area (Å²) in [6.07, 6.45) is 7.71. The van der Waals surface area contributed by atoms with Crippen molar-refractivity contribution in [2.45, 2.75) is 25.2 Å². The van der Waals surface area contributed by atoms with Crippen LogP contribution in [0.1, 0.15) is 29.3 Å². The number of nitrogens with zero attached hydrogens (tertiary/aromatic N) is 2. The van der Waals surface area contributed by atoms with Crippen molar-refractivity contribution in [3.8, 4) is 5.69 Å². The highest BCUT2D eigenvalue weighted by Gasteiger charge is 2.31. The number of allylic oxidation sites excluding steroid dienone is 1. The maximum Gasteiger partial charge on any atom is 0.123 e. The Morgan fingerprint density at radius 2 is 1.92 bits per heavy atom. The van der Waals surface area contributed by atoms with E-state index in [1.807, 2.05) is 23.0 Å². The van der Waals surface area contributed by atoms with Gasteiger partial charge in [0, 0.05) is 12.0 Å². The molecule has 0 amide bonds. The Labute approximate surface area is 152 Å². The quantitative estimate of drug-likeness (QED) is 0.772. The van der Waals surface area contributed by atoms with E-state index in [0.717, 1.165) is 23.4 Å². The van der Waals surface area contributed by atoms with Gasteiger partial charge in [0.2, 0.25) is 0 Å². The number of aliphatic hydroxyl groups excluding tert-OH is 1. The smallest absolute Gasteiger partial charge is 0.123 e. The number of rotatable bonds is 4. The highest BCUT2D eigenvalue weighted by Crippen LogP contribution is 2.38. The molecule has 1 atom stereocenters. The summed E-state index contributed by atoms with van der Waals surface area (Å²) in [6, 6.07) is 14.7. The molecule has 2 aromatic carbocycles. The molecule has 1 aliphatic carbocycles. The van der Waals surface area contributed by atoms with Crippen molar-refractivity contribution in [3.63, 3.8) is 0 Å². The van der Waals surface area contributed by atoms with Crippen LogP contribution in [0, 0.1) is 5.82 Å². The molecule has 1 aromatic heterocycles. The van der Waals surface area contributed by atoms with Crippen LogP contribution in [0.2, 0.25) is 0 Å². The third-order valence-corrected chi connectivity index (χ3v) is 5.14. The second kappa shape index (κ2) is 6.54. The van der Waals surface area contributed by atoms with Crippen molar-refractivity contribution in [2.24, 2.45) is 0 Å². The van der Waals surface area contributed by atoms with Gasteiger partial charge in [0.05, 0.1) is 17.6 Å². The van der Waals surface area contributed by atoms with Crippen LogP contribution >= 0.6 is 0 Å². The minimum atomic E-state index is -0.251. The molecule has 1 heterocycles. The fourth-order valence-electron chi connectivity index (χ4n) is 3.81. The van der Waals surface area contributed by atoms with E-state index in [0.29, 0.717) is 6.42 Å². The molecule has 3 aromatic rings. The molecule has 0 spiro atoms. The van der Waals surface area contributed by atoms with Gasteiger partial charge in [-0.2, -0.15) is 5.10 Å². The average Bonchev–Trinajstić information content (AvgIpc) is 3.06. The van der Waals surface area contributed by atoms with Crippen LogP contribution in [0.25, 0.3) is 11.8 Å². The van der Waals surface area contributed by atoms with Gasteiger partial charge in [-0.05, 0) is 59.9 Å². The van der Waals surface area contributed by atoms with E-state index < -0.39 is 0 Å². The summed E-state index contributed by atoms with van der Waals surface area (Å²) in [7, 11) is 0. The van der Waals surface area contributed by atoms with Crippen molar-refractivity contribution in [3.05, 3.63) is 89.0 Å². The summed E-state index contributed by atoms with van der Waals surface area (Å²) in [6.45, 7) is 2.36. The molecule has 0 bridgehead atoms. The van der Waals surface area contributed by atoms with Gasteiger partial charge in [0.15, 0.2) is 0 Å². The number of aliphatic hydroxyl groups is 1. The third-order valence-electron chi connectivity index (χ3n) is 5.14. The molecular weight excluding hydrogens is 327 g/mol. The first-order valence-electron chi connectivity index (χ1n) is 8.82. The Bertz CT molecular complexity index is 959. The Balaban J connectivity index is 1.72. The van der Waals surface area contributed by atoms with E-state index in [2.05, 4.69) is 36.3 Å². The molecule has 132 valence electrons. The first kappa shape index (κ1) is 16.7. The van der Waals surface area contributed by atoms with E-state index in [1.165, 1.54) is 23.3 Å². The minimum absolute atomic E-state index is 0.143. The highest BCUT2D eigenvalue weighted by molar-refractivity contribution is 5.60. The zero-order valence-electron chi connectivity index (χ0n) is 14.7. The molecule has 26 heavy (non-hydrogen) atoms. The van der Waals surface area contributed by atoms with Gasteiger partial charge >= 0.3 is 0 Å². The van der Waals surface area contributed by atoms with Gasteiger partial charge in [-0.15, -0.1) is 0 Å². The Kier molecular flexibility index (Phi) is 4.21. The first-order chi connectivity index (χ1) is 12.6. The van der Waals surface area contributed by atoms with Crippen LogP contribution in [0.3, 0.4) is 0 Å². The topological polar surface area (TPSA) is 38.1 Å². The molecule has 0 aliphatic heterocycles. The van der Waals surface area contributed by atoms with Crippen LogP contribution in [0.5, 0.6) is 0 Å². The van der Waals surface area contributed by atoms with Gasteiger partial charge < -0.3 is 5.11 Å². The summed E-state index contributed by atoms with van der Waals surface area (Å²) >= 11 is 0. The number of aromatic nitrogens is 2. The largest absolute Gasteiger partial charge is 0.396 e. The van der Waals surface area contributed by atoms with Crippen molar-refractivity contribution in [1.29, 1.82) is 0 Å².